The first-order valence-corrected chi connectivity index (χ1v) is 9.99. The molecule has 0 radical (unpaired) electrons. The predicted octanol–water partition coefficient (Wildman–Crippen LogP) is 4.19. The van der Waals surface area contributed by atoms with Crippen LogP contribution in [0.4, 0.5) is 5.00 Å². The second kappa shape index (κ2) is 8.24. The lowest BCUT2D eigenvalue weighted by Gasteiger charge is -2.09. The van der Waals surface area contributed by atoms with Gasteiger partial charge in [0.25, 0.3) is 5.91 Å². The fraction of sp³-hybridized carbons (Fsp3) is 0.263. The van der Waals surface area contributed by atoms with Crippen molar-refractivity contribution >= 4 is 49.8 Å². The molecule has 1 aromatic heterocycles. The third kappa shape index (κ3) is 4.23. The summed E-state index contributed by atoms with van der Waals surface area (Å²) < 4.78 is 6.04. The van der Waals surface area contributed by atoms with Crippen LogP contribution in [0.3, 0.4) is 0 Å². The lowest BCUT2D eigenvalue weighted by Crippen LogP contribution is -2.28. The van der Waals surface area contributed by atoms with Crippen molar-refractivity contribution < 1.29 is 19.2 Å². The highest BCUT2D eigenvalue weighted by Crippen LogP contribution is 2.33. The molecule has 0 spiro atoms. The number of carbonyl (C=O) groups is 2. The summed E-state index contributed by atoms with van der Waals surface area (Å²) in [6.45, 7) is 5.76. The van der Waals surface area contributed by atoms with E-state index in [0.29, 0.717) is 16.3 Å². The fourth-order valence-electron chi connectivity index (χ4n) is 2.63. The molecule has 2 N–H and O–H groups in total. The Labute approximate surface area is 169 Å². The molecule has 1 amide bonds. The van der Waals surface area contributed by atoms with Crippen LogP contribution < -0.4 is 10.8 Å². The summed E-state index contributed by atoms with van der Waals surface area (Å²) >= 11 is 4.77. The molecule has 0 saturated carbocycles. The van der Waals surface area contributed by atoms with Crippen molar-refractivity contribution in [2.24, 2.45) is 0 Å². The molecular weight excluding hydrogens is 432 g/mol. The van der Waals surface area contributed by atoms with E-state index in [1.165, 1.54) is 11.3 Å². The van der Waals surface area contributed by atoms with Crippen LogP contribution in [0, 0.1) is 13.8 Å². The molecule has 27 heavy (non-hydrogen) atoms. The van der Waals surface area contributed by atoms with E-state index in [-0.39, 0.29) is 12.5 Å². The number of amides is 1. The Hall–Kier alpha value is -2.16. The third-order valence-electron chi connectivity index (χ3n) is 4.11. The molecule has 2 aromatic rings. The Bertz CT molecular complexity index is 922. The van der Waals surface area contributed by atoms with Crippen molar-refractivity contribution in [3.8, 4) is 0 Å². The zero-order chi connectivity index (χ0) is 19.6. The fourth-order valence-corrected chi connectivity index (χ4v) is 4.08. The van der Waals surface area contributed by atoms with Crippen molar-refractivity contribution in [1.29, 1.82) is 0 Å². The SMILES string of the molecule is CCOC(=O)c1c(NC(=O)[C@H]2C=C(c3cccc(Br)c3)NO2)sc(C)c1C. The van der Waals surface area contributed by atoms with Crippen LogP contribution in [0.2, 0.25) is 0 Å². The van der Waals surface area contributed by atoms with Crippen LogP contribution in [0.15, 0.2) is 34.8 Å². The lowest BCUT2D eigenvalue weighted by molar-refractivity contribution is -0.125. The number of benzene rings is 1. The van der Waals surface area contributed by atoms with Gasteiger partial charge in [-0.25, -0.2) is 4.79 Å². The summed E-state index contributed by atoms with van der Waals surface area (Å²) in [7, 11) is 0. The van der Waals surface area contributed by atoms with Crippen LogP contribution >= 0.6 is 27.3 Å². The van der Waals surface area contributed by atoms with Crippen molar-refractivity contribution in [2.75, 3.05) is 11.9 Å². The molecule has 0 saturated heterocycles. The first-order chi connectivity index (χ1) is 12.9. The Balaban J connectivity index is 1.79. The van der Waals surface area contributed by atoms with Gasteiger partial charge < -0.3 is 10.1 Å². The van der Waals surface area contributed by atoms with Crippen LogP contribution in [-0.2, 0) is 14.4 Å². The summed E-state index contributed by atoms with van der Waals surface area (Å²) in [5, 5.41) is 3.27. The van der Waals surface area contributed by atoms with E-state index in [9.17, 15) is 9.59 Å². The van der Waals surface area contributed by atoms with Gasteiger partial charge >= 0.3 is 5.97 Å². The second-order valence-electron chi connectivity index (χ2n) is 5.93. The summed E-state index contributed by atoms with van der Waals surface area (Å²) in [6.07, 6.45) is 0.894. The molecule has 3 rings (SSSR count). The van der Waals surface area contributed by atoms with Gasteiger partial charge in [-0.05, 0) is 44.5 Å². The number of esters is 1. The van der Waals surface area contributed by atoms with Gasteiger partial charge in [0.2, 0.25) is 0 Å². The number of rotatable bonds is 5. The van der Waals surface area contributed by atoms with Gasteiger partial charge in [-0.3, -0.25) is 15.1 Å². The van der Waals surface area contributed by atoms with Gasteiger partial charge in [0.1, 0.15) is 5.00 Å². The topological polar surface area (TPSA) is 76.7 Å². The molecule has 0 unspecified atom stereocenters. The van der Waals surface area contributed by atoms with E-state index < -0.39 is 12.1 Å². The van der Waals surface area contributed by atoms with Gasteiger partial charge in [-0.2, -0.15) is 0 Å². The average molecular weight is 451 g/mol. The largest absolute Gasteiger partial charge is 0.462 e. The molecule has 1 aliphatic heterocycles. The summed E-state index contributed by atoms with van der Waals surface area (Å²) in [5.41, 5.74) is 5.60. The first kappa shape index (κ1) is 19.6. The second-order valence-corrected chi connectivity index (χ2v) is 8.07. The standard InChI is InChI=1S/C19H19BrN2O4S/c1-4-25-19(24)16-10(2)11(3)27-18(16)21-17(23)15-9-14(22-26-15)12-6-5-7-13(20)8-12/h5-9,15,22H,4H2,1-3H3,(H,21,23)/t15-/m1/s1. The molecule has 6 nitrogen and oxygen atoms in total. The molecule has 1 aliphatic rings. The molecule has 1 atom stereocenters. The highest BCUT2D eigenvalue weighted by molar-refractivity contribution is 9.10. The molecule has 1 aromatic carbocycles. The minimum atomic E-state index is -0.809. The Morgan fingerprint density at radius 1 is 1.37 bits per heavy atom. The quantitative estimate of drug-likeness (QED) is 0.667. The molecular formula is C19H19BrN2O4S. The van der Waals surface area contributed by atoms with E-state index >= 15 is 0 Å². The number of aryl methyl sites for hydroxylation is 1. The van der Waals surface area contributed by atoms with E-state index in [2.05, 4.69) is 26.7 Å². The van der Waals surface area contributed by atoms with E-state index in [1.807, 2.05) is 38.1 Å². The molecule has 8 heteroatoms. The lowest BCUT2D eigenvalue weighted by atomic mass is 10.1. The average Bonchev–Trinajstić information content (AvgIpc) is 3.21. The first-order valence-electron chi connectivity index (χ1n) is 8.38. The van der Waals surface area contributed by atoms with E-state index in [1.54, 1.807) is 13.0 Å². The van der Waals surface area contributed by atoms with Crippen molar-refractivity contribution in [2.45, 2.75) is 26.9 Å². The van der Waals surface area contributed by atoms with Gasteiger partial charge in [-0.1, -0.05) is 28.1 Å². The van der Waals surface area contributed by atoms with Gasteiger partial charge in [0.05, 0.1) is 17.9 Å². The number of anilines is 1. The van der Waals surface area contributed by atoms with Crippen LogP contribution in [0.25, 0.3) is 5.70 Å². The van der Waals surface area contributed by atoms with Crippen molar-refractivity contribution in [1.82, 2.24) is 5.48 Å². The maximum absolute atomic E-state index is 12.6. The number of ether oxygens (including phenoxy) is 1. The maximum Gasteiger partial charge on any atom is 0.341 e. The Morgan fingerprint density at radius 2 is 2.15 bits per heavy atom. The van der Waals surface area contributed by atoms with Crippen molar-refractivity contribution in [3.05, 3.63) is 56.4 Å². The molecule has 0 bridgehead atoms. The minimum absolute atomic E-state index is 0.273. The maximum atomic E-state index is 12.6. The minimum Gasteiger partial charge on any atom is -0.462 e. The summed E-state index contributed by atoms with van der Waals surface area (Å²) in [6, 6.07) is 7.66. The van der Waals surface area contributed by atoms with Crippen molar-refractivity contribution in [3.63, 3.8) is 0 Å². The number of hydrogen-bond acceptors (Lipinski definition) is 6. The van der Waals surface area contributed by atoms with Crippen LogP contribution in [0.1, 0.15) is 33.3 Å². The smallest absolute Gasteiger partial charge is 0.341 e. The zero-order valence-corrected chi connectivity index (χ0v) is 17.5. The van der Waals surface area contributed by atoms with Gasteiger partial charge in [0, 0.05) is 14.9 Å². The predicted molar refractivity (Wildman–Crippen MR) is 109 cm³/mol. The van der Waals surface area contributed by atoms with Crippen LogP contribution in [0.5, 0.6) is 0 Å². The van der Waals surface area contributed by atoms with E-state index in [4.69, 9.17) is 9.57 Å². The Morgan fingerprint density at radius 3 is 2.85 bits per heavy atom. The zero-order valence-electron chi connectivity index (χ0n) is 15.1. The highest BCUT2D eigenvalue weighted by Gasteiger charge is 2.28. The van der Waals surface area contributed by atoms with Gasteiger partial charge in [0.15, 0.2) is 6.10 Å². The third-order valence-corrected chi connectivity index (χ3v) is 5.73. The number of hydrogen-bond donors (Lipinski definition) is 2. The highest BCUT2D eigenvalue weighted by atomic mass is 79.9. The number of carbonyl (C=O) groups excluding carboxylic acids is 2. The molecule has 0 fully saturated rings. The van der Waals surface area contributed by atoms with E-state index in [0.717, 1.165) is 20.5 Å². The monoisotopic (exact) mass is 450 g/mol. The number of hydroxylamine groups is 1. The molecule has 0 aliphatic carbocycles. The number of thiophene rings is 1. The molecule has 142 valence electrons. The summed E-state index contributed by atoms with van der Waals surface area (Å²) in [5.74, 6) is -0.801. The van der Waals surface area contributed by atoms with Gasteiger partial charge in [-0.15, -0.1) is 11.3 Å². The normalized spacial score (nSPS) is 15.9. The molecule has 2 heterocycles. The number of nitrogens with one attached hydrogen (secondary N) is 2. The van der Waals surface area contributed by atoms with Crippen LogP contribution in [-0.4, -0.2) is 24.6 Å². The summed E-state index contributed by atoms with van der Waals surface area (Å²) in [4.78, 5) is 31.2. The Kier molecular flexibility index (Phi) is 5.98. The number of halogens is 1.